The summed E-state index contributed by atoms with van der Waals surface area (Å²) in [5, 5.41) is 19.0. The van der Waals surface area contributed by atoms with E-state index in [1.807, 2.05) is 5.48 Å². The third kappa shape index (κ3) is 4.96. The van der Waals surface area contributed by atoms with Crippen LogP contribution in [0.4, 0.5) is 5.69 Å². The van der Waals surface area contributed by atoms with E-state index in [1.165, 1.54) is 24.3 Å². The van der Waals surface area contributed by atoms with Gasteiger partial charge < -0.3 is 5.11 Å². The van der Waals surface area contributed by atoms with Crippen molar-refractivity contribution in [2.75, 3.05) is 6.61 Å². The number of hydrogen-bond donors (Lipinski definition) is 2. The maximum atomic E-state index is 11.2. The number of rotatable bonds is 6. The van der Waals surface area contributed by atoms with Gasteiger partial charge in [-0.15, -0.1) is 0 Å². The minimum atomic E-state index is -1.23. The lowest BCUT2D eigenvalue weighted by molar-refractivity contribution is -0.385. The van der Waals surface area contributed by atoms with Crippen molar-refractivity contribution < 1.29 is 24.5 Å². The van der Waals surface area contributed by atoms with Crippen LogP contribution < -0.4 is 5.48 Å². The van der Waals surface area contributed by atoms with Crippen LogP contribution in [0.25, 0.3) is 6.08 Å². The van der Waals surface area contributed by atoms with Crippen molar-refractivity contribution in [1.82, 2.24) is 5.48 Å². The van der Waals surface area contributed by atoms with E-state index in [9.17, 15) is 19.7 Å². The van der Waals surface area contributed by atoms with E-state index in [4.69, 9.17) is 5.11 Å². The van der Waals surface area contributed by atoms with Gasteiger partial charge in [0.15, 0.2) is 6.61 Å². The number of nitrogens with one attached hydrogen (secondary N) is 1. The molecule has 1 aromatic carbocycles. The van der Waals surface area contributed by atoms with Crippen molar-refractivity contribution >= 4 is 23.6 Å². The van der Waals surface area contributed by atoms with Crippen molar-refractivity contribution in [3.05, 3.63) is 46.0 Å². The van der Waals surface area contributed by atoms with Gasteiger partial charge in [0.1, 0.15) is 0 Å². The topological polar surface area (TPSA) is 119 Å². The molecule has 0 fully saturated rings. The number of benzene rings is 1. The molecule has 8 heteroatoms. The molecule has 1 aromatic rings. The highest BCUT2D eigenvalue weighted by molar-refractivity contribution is 5.91. The fourth-order valence-corrected chi connectivity index (χ4v) is 1.16. The molecular formula is C11H10N2O6. The standard InChI is InChI=1S/C11H10N2O6/c14-10(12-19-7-11(15)16)6-5-8-3-1-2-4-9(8)13(17)18/h1-6H,7H2,(H,12,14)(H,15,16). The van der Waals surface area contributed by atoms with Crippen molar-refractivity contribution in [3.8, 4) is 0 Å². The zero-order chi connectivity index (χ0) is 14.3. The maximum absolute atomic E-state index is 11.2. The first kappa shape index (κ1) is 14.3. The van der Waals surface area contributed by atoms with Crippen molar-refractivity contribution in [2.24, 2.45) is 0 Å². The molecule has 0 unspecified atom stereocenters. The number of nitro groups is 1. The normalized spacial score (nSPS) is 10.3. The van der Waals surface area contributed by atoms with Crippen LogP contribution in [0.15, 0.2) is 30.3 Å². The highest BCUT2D eigenvalue weighted by Gasteiger charge is 2.09. The minimum Gasteiger partial charge on any atom is -0.479 e. The minimum absolute atomic E-state index is 0.141. The first-order valence-electron chi connectivity index (χ1n) is 5.05. The molecule has 1 amide bonds. The van der Waals surface area contributed by atoms with E-state index in [0.717, 1.165) is 6.08 Å². The third-order valence-electron chi connectivity index (χ3n) is 1.92. The van der Waals surface area contributed by atoms with Crippen LogP contribution in [0.1, 0.15) is 5.56 Å². The van der Waals surface area contributed by atoms with Crippen LogP contribution in [-0.2, 0) is 14.4 Å². The molecule has 1 rings (SSSR count). The lowest BCUT2D eigenvalue weighted by atomic mass is 10.1. The van der Waals surface area contributed by atoms with E-state index in [1.54, 1.807) is 6.07 Å². The average Bonchev–Trinajstić information content (AvgIpc) is 2.36. The molecule has 0 spiro atoms. The number of carboxylic acids is 1. The summed E-state index contributed by atoms with van der Waals surface area (Å²) in [5.41, 5.74) is 1.97. The monoisotopic (exact) mass is 266 g/mol. The number of nitro benzene ring substituents is 1. The van der Waals surface area contributed by atoms with Crippen molar-refractivity contribution in [3.63, 3.8) is 0 Å². The highest BCUT2D eigenvalue weighted by atomic mass is 16.7. The molecule has 0 heterocycles. The van der Waals surface area contributed by atoms with E-state index < -0.39 is 23.4 Å². The average molecular weight is 266 g/mol. The predicted octanol–water partition coefficient (Wildman–Crippen LogP) is 0.740. The van der Waals surface area contributed by atoms with Gasteiger partial charge in [-0.1, -0.05) is 12.1 Å². The van der Waals surface area contributed by atoms with Crippen molar-refractivity contribution in [2.45, 2.75) is 0 Å². The number of amides is 1. The van der Waals surface area contributed by atoms with Gasteiger partial charge in [-0.25, -0.2) is 10.3 Å². The summed E-state index contributed by atoms with van der Waals surface area (Å²) in [5.74, 6) is -1.96. The van der Waals surface area contributed by atoms with Crippen LogP contribution in [0, 0.1) is 10.1 Å². The lowest BCUT2D eigenvalue weighted by Gasteiger charge is -1.99. The summed E-state index contributed by atoms with van der Waals surface area (Å²) in [6, 6.07) is 5.87. The molecule has 0 atom stereocenters. The smallest absolute Gasteiger partial charge is 0.332 e. The maximum Gasteiger partial charge on any atom is 0.332 e. The molecule has 0 aliphatic carbocycles. The van der Waals surface area contributed by atoms with Gasteiger partial charge in [-0.05, 0) is 12.1 Å². The summed E-state index contributed by atoms with van der Waals surface area (Å²) in [6.07, 6.45) is 2.24. The number of carboxylic acid groups (broad SMARTS) is 1. The Bertz CT molecular complexity index is 526. The van der Waals surface area contributed by atoms with Gasteiger partial charge in [-0.2, -0.15) is 0 Å². The van der Waals surface area contributed by atoms with E-state index in [0.29, 0.717) is 0 Å². The van der Waals surface area contributed by atoms with Gasteiger partial charge in [0.25, 0.3) is 11.6 Å². The highest BCUT2D eigenvalue weighted by Crippen LogP contribution is 2.18. The third-order valence-corrected chi connectivity index (χ3v) is 1.92. The number of carbonyl (C=O) groups is 2. The first-order chi connectivity index (χ1) is 9.00. The van der Waals surface area contributed by atoms with Crippen LogP contribution in [-0.4, -0.2) is 28.5 Å². The predicted molar refractivity (Wildman–Crippen MR) is 63.9 cm³/mol. The van der Waals surface area contributed by atoms with Crippen LogP contribution in [0.5, 0.6) is 0 Å². The fourth-order valence-electron chi connectivity index (χ4n) is 1.16. The fraction of sp³-hybridized carbons (Fsp3) is 0.0909. The Morgan fingerprint density at radius 3 is 2.74 bits per heavy atom. The Hall–Kier alpha value is -2.74. The van der Waals surface area contributed by atoms with Gasteiger partial charge in [0.2, 0.25) is 0 Å². The summed E-state index contributed by atoms with van der Waals surface area (Å²) in [7, 11) is 0. The van der Waals surface area contributed by atoms with Gasteiger partial charge in [0, 0.05) is 12.1 Å². The lowest BCUT2D eigenvalue weighted by Crippen LogP contribution is -2.24. The Morgan fingerprint density at radius 1 is 1.42 bits per heavy atom. The molecule has 0 saturated carbocycles. The summed E-state index contributed by atoms with van der Waals surface area (Å²) in [4.78, 5) is 35.8. The SMILES string of the molecule is O=C(O)CONC(=O)C=Cc1ccccc1[N+](=O)[O-]. The molecule has 0 saturated heterocycles. The first-order valence-corrected chi connectivity index (χ1v) is 5.05. The summed E-state index contributed by atoms with van der Waals surface area (Å²) >= 11 is 0. The number of nitrogens with zero attached hydrogens (tertiary/aromatic N) is 1. The van der Waals surface area contributed by atoms with Crippen LogP contribution in [0.2, 0.25) is 0 Å². The molecule has 100 valence electrons. The zero-order valence-electron chi connectivity index (χ0n) is 9.61. The number of hydrogen-bond acceptors (Lipinski definition) is 5. The largest absolute Gasteiger partial charge is 0.479 e. The quantitative estimate of drug-likeness (QED) is 0.445. The van der Waals surface area contributed by atoms with Gasteiger partial charge >= 0.3 is 5.97 Å². The number of para-hydroxylation sites is 1. The van der Waals surface area contributed by atoms with Crippen LogP contribution in [0.3, 0.4) is 0 Å². The van der Waals surface area contributed by atoms with Gasteiger partial charge in [0.05, 0.1) is 10.5 Å². The Morgan fingerprint density at radius 2 is 2.11 bits per heavy atom. The Balaban J connectivity index is 2.63. The van der Waals surface area contributed by atoms with E-state index >= 15 is 0 Å². The van der Waals surface area contributed by atoms with Crippen LogP contribution >= 0.6 is 0 Å². The summed E-state index contributed by atoms with van der Waals surface area (Å²) < 4.78 is 0. The molecule has 2 N–H and O–H groups in total. The number of aliphatic carboxylic acids is 1. The zero-order valence-corrected chi connectivity index (χ0v) is 9.61. The molecule has 0 aliphatic heterocycles. The summed E-state index contributed by atoms with van der Waals surface area (Å²) in [6.45, 7) is -0.676. The molecule has 19 heavy (non-hydrogen) atoms. The number of hydroxylamine groups is 1. The van der Waals surface area contributed by atoms with E-state index in [-0.39, 0.29) is 11.3 Å². The number of carbonyl (C=O) groups excluding carboxylic acids is 1. The second-order valence-corrected chi connectivity index (χ2v) is 3.30. The van der Waals surface area contributed by atoms with Gasteiger partial charge in [-0.3, -0.25) is 19.7 Å². The Labute approximate surface area is 107 Å². The molecule has 0 radical (unpaired) electrons. The molecule has 0 bridgehead atoms. The molecule has 0 aromatic heterocycles. The van der Waals surface area contributed by atoms with E-state index in [2.05, 4.69) is 4.84 Å². The molecule has 0 aliphatic rings. The second-order valence-electron chi connectivity index (χ2n) is 3.30. The molecular weight excluding hydrogens is 256 g/mol. The van der Waals surface area contributed by atoms with Crippen molar-refractivity contribution in [1.29, 1.82) is 0 Å². The second kappa shape index (κ2) is 6.87. The Kier molecular flexibility index (Phi) is 5.17. The molecule has 8 nitrogen and oxygen atoms in total.